The van der Waals surface area contributed by atoms with E-state index >= 15 is 0 Å². The molecule has 1 atom stereocenters. The molecule has 2 N–H and O–H groups in total. The summed E-state index contributed by atoms with van der Waals surface area (Å²) in [4.78, 5) is 19.2. The van der Waals surface area contributed by atoms with Gasteiger partial charge in [0.25, 0.3) is 0 Å². The summed E-state index contributed by atoms with van der Waals surface area (Å²) in [6.45, 7) is 2.50. The number of benzene rings is 2. The highest BCUT2D eigenvalue weighted by Gasteiger charge is 2.24. The summed E-state index contributed by atoms with van der Waals surface area (Å²) in [5.41, 5.74) is 2.31. The second-order valence-corrected chi connectivity index (χ2v) is 7.87. The average molecular weight is 487 g/mol. The van der Waals surface area contributed by atoms with Crippen LogP contribution in [0.5, 0.6) is 0 Å². The van der Waals surface area contributed by atoms with Gasteiger partial charge in [-0.1, -0.05) is 41.4 Å². The van der Waals surface area contributed by atoms with E-state index in [0.717, 1.165) is 11.1 Å². The van der Waals surface area contributed by atoms with Gasteiger partial charge >= 0.3 is 5.69 Å². The monoisotopic (exact) mass is 486 g/mol. The van der Waals surface area contributed by atoms with Gasteiger partial charge in [-0.2, -0.15) is 5.26 Å². The lowest BCUT2D eigenvalue weighted by Gasteiger charge is -2.16. The number of methoxy groups -OCH3 is 1. The Kier molecular flexibility index (Phi) is 8.01. The molecule has 2 aromatic carbocycles. The first-order valence-corrected chi connectivity index (χ1v) is 10.6. The van der Waals surface area contributed by atoms with E-state index in [1.807, 2.05) is 6.92 Å². The average Bonchev–Trinajstić information content (AvgIpc) is 2.78. The lowest BCUT2D eigenvalue weighted by Crippen LogP contribution is -2.12. The second-order valence-electron chi connectivity index (χ2n) is 7.02. The van der Waals surface area contributed by atoms with Gasteiger partial charge in [-0.05, 0) is 41.8 Å². The third-order valence-corrected chi connectivity index (χ3v) is 5.42. The third-order valence-electron chi connectivity index (χ3n) is 4.84. The van der Waals surface area contributed by atoms with Crippen molar-refractivity contribution < 1.29 is 9.66 Å². The Morgan fingerprint density at radius 1 is 1.21 bits per heavy atom. The van der Waals surface area contributed by atoms with Gasteiger partial charge in [-0.25, -0.2) is 9.97 Å². The van der Waals surface area contributed by atoms with Crippen LogP contribution in [0.1, 0.15) is 22.6 Å². The summed E-state index contributed by atoms with van der Waals surface area (Å²) in [5.74, 6) is -0.522. The fourth-order valence-corrected chi connectivity index (χ4v) is 3.61. The van der Waals surface area contributed by atoms with Gasteiger partial charge in [0.2, 0.25) is 11.6 Å². The molecule has 0 radical (unpaired) electrons. The molecule has 1 aromatic heterocycles. The van der Waals surface area contributed by atoms with E-state index in [9.17, 15) is 15.4 Å². The Labute approximate surface area is 200 Å². The zero-order chi connectivity index (χ0) is 24.0. The predicted octanol–water partition coefficient (Wildman–Crippen LogP) is 5.46. The van der Waals surface area contributed by atoms with Crippen molar-refractivity contribution in [2.75, 3.05) is 30.9 Å². The van der Waals surface area contributed by atoms with Crippen LogP contribution in [-0.2, 0) is 4.74 Å². The largest absolute Gasteiger partial charge is 0.383 e. The number of aromatic nitrogens is 2. The molecule has 0 aliphatic carbocycles. The van der Waals surface area contributed by atoms with E-state index in [-0.39, 0.29) is 17.3 Å². The summed E-state index contributed by atoms with van der Waals surface area (Å²) in [7, 11) is 1.53. The zero-order valence-corrected chi connectivity index (χ0v) is 19.3. The van der Waals surface area contributed by atoms with Crippen LogP contribution in [0.4, 0.5) is 23.0 Å². The maximum absolute atomic E-state index is 11.7. The second kappa shape index (κ2) is 10.9. The lowest BCUT2D eigenvalue weighted by molar-refractivity contribution is -0.383. The number of anilines is 3. The number of halogens is 2. The van der Waals surface area contributed by atoms with Crippen LogP contribution < -0.4 is 10.6 Å². The number of nitro groups is 1. The SMILES string of the molecule is COCCNc1ncnc(Nc2cc(Cl)c(C(C#N)c3ccc(Cl)cc3)cc2C)c1[N+](=O)[O-]. The summed E-state index contributed by atoms with van der Waals surface area (Å²) >= 11 is 12.5. The van der Waals surface area contributed by atoms with Crippen molar-refractivity contribution >= 4 is 46.2 Å². The van der Waals surface area contributed by atoms with Gasteiger partial charge in [0.15, 0.2) is 0 Å². The van der Waals surface area contributed by atoms with Crippen molar-refractivity contribution in [1.82, 2.24) is 9.97 Å². The predicted molar refractivity (Wildman–Crippen MR) is 127 cm³/mol. The summed E-state index contributed by atoms with van der Waals surface area (Å²) < 4.78 is 4.96. The molecule has 0 saturated carbocycles. The third kappa shape index (κ3) is 5.68. The molecule has 170 valence electrons. The van der Waals surface area contributed by atoms with Crippen LogP contribution in [0.3, 0.4) is 0 Å². The molecule has 3 aromatic rings. The molecule has 9 nitrogen and oxygen atoms in total. The van der Waals surface area contributed by atoms with Crippen LogP contribution in [0.15, 0.2) is 42.7 Å². The smallest absolute Gasteiger partial charge is 0.353 e. The minimum atomic E-state index is -0.604. The fraction of sp³-hybridized carbons (Fsp3) is 0.227. The molecule has 3 rings (SSSR count). The van der Waals surface area contributed by atoms with Crippen LogP contribution in [0.2, 0.25) is 10.0 Å². The first kappa shape index (κ1) is 24.2. The topological polar surface area (TPSA) is 126 Å². The maximum atomic E-state index is 11.7. The number of ether oxygens (including phenoxy) is 1. The molecule has 0 amide bonds. The molecule has 0 saturated heterocycles. The Bertz CT molecular complexity index is 1200. The minimum absolute atomic E-state index is 0.0105. The van der Waals surface area contributed by atoms with E-state index in [0.29, 0.717) is 34.4 Å². The lowest BCUT2D eigenvalue weighted by atomic mass is 9.91. The van der Waals surface area contributed by atoms with Crippen molar-refractivity contribution in [1.29, 1.82) is 5.26 Å². The van der Waals surface area contributed by atoms with Crippen molar-refractivity contribution in [3.8, 4) is 6.07 Å². The van der Waals surface area contributed by atoms with Gasteiger partial charge < -0.3 is 15.4 Å². The van der Waals surface area contributed by atoms with Crippen LogP contribution in [0, 0.1) is 28.4 Å². The van der Waals surface area contributed by atoms with Gasteiger partial charge in [-0.15, -0.1) is 0 Å². The van der Waals surface area contributed by atoms with Gasteiger partial charge in [-0.3, -0.25) is 10.1 Å². The number of nitriles is 1. The molecule has 0 aliphatic rings. The Balaban J connectivity index is 1.95. The molecule has 1 unspecified atom stereocenters. The standard InChI is InChI=1S/C22H20Cl2N6O3/c1-13-9-16(17(11-25)14-3-5-15(23)6-4-14)18(24)10-19(13)29-22-20(30(31)32)21(27-12-28-22)26-7-8-33-2/h3-6,9-10,12,17H,7-8H2,1-2H3,(H2,26,27,28,29). The molecular weight excluding hydrogens is 467 g/mol. The molecule has 0 fully saturated rings. The quantitative estimate of drug-likeness (QED) is 0.232. The Hall–Kier alpha value is -3.45. The van der Waals surface area contributed by atoms with E-state index in [1.54, 1.807) is 36.4 Å². The van der Waals surface area contributed by atoms with Crippen LogP contribution in [-0.4, -0.2) is 35.2 Å². The molecule has 0 aliphatic heterocycles. The normalized spacial score (nSPS) is 11.5. The van der Waals surface area contributed by atoms with Gasteiger partial charge in [0.05, 0.1) is 23.5 Å². The summed E-state index contributed by atoms with van der Waals surface area (Å²) in [6, 6.07) is 12.6. The minimum Gasteiger partial charge on any atom is -0.383 e. The van der Waals surface area contributed by atoms with Crippen LogP contribution >= 0.6 is 23.2 Å². The number of aryl methyl sites for hydroxylation is 1. The van der Waals surface area contributed by atoms with Crippen molar-refractivity contribution in [2.24, 2.45) is 0 Å². The molecule has 11 heteroatoms. The Morgan fingerprint density at radius 3 is 2.55 bits per heavy atom. The molecule has 0 bridgehead atoms. The first-order valence-electron chi connectivity index (χ1n) is 9.80. The zero-order valence-electron chi connectivity index (χ0n) is 17.8. The van der Waals surface area contributed by atoms with Crippen molar-refractivity contribution in [3.05, 3.63) is 79.6 Å². The number of hydrogen-bond donors (Lipinski definition) is 2. The van der Waals surface area contributed by atoms with E-state index in [4.69, 9.17) is 27.9 Å². The number of nitrogens with one attached hydrogen (secondary N) is 2. The fourth-order valence-electron chi connectivity index (χ4n) is 3.21. The molecule has 0 spiro atoms. The molecule has 33 heavy (non-hydrogen) atoms. The number of rotatable bonds is 9. The first-order chi connectivity index (χ1) is 15.8. The van der Waals surface area contributed by atoms with E-state index < -0.39 is 10.8 Å². The van der Waals surface area contributed by atoms with Gasteiger partial charge in [0, 0.05) is 29.4 Å². The Morgan fingerprint density at radius 2 is 1.91 bits per heavy atom. The highest BCUT2D eigenvalue weighted by atomic mass is 35.5. The maximum Gasteiger partial charge on any atom is 0.353 e. The van der Waals surface area contributed by atoms with E-state index in [1.165, 1.54) is 13.4 Å². The van der Waals surface area contributed by atoms with E-state index in [2.05, 4.69) is 26.7 Å². The highest BCUT2D eigenvalue weighted by Crippen LogP contribution is 2.37. The summed E-state index contributed by atoms with van der Waals surface area (Å²) in [6.07, 6.45) is 1.22. The van der Waals surface area contributed by atoms with Gasteiger partial charge in [0.1, 0.15) is 6.33 Å². The number of hydrogen-bond acceptors (Lipinski definition) is 8. The van der Waals surface area contributed by atoms with Crippen LogP contribution in [0.25, 0.3) is 0 Å². The molecule has 1 heterocycles. The number of nitrogens with zero attached hydrogens (tertiary/aromatic N) is 4. The molecular formula is C22H20Cl2N6O3. The highest BCUT2D eigenvalue weighted by molar-refractivity contribution is 6.32. The van der Waals surface area contributed by atoms with Crippen molar-refractivity contribution in [2.45, 2.75) is 12.8 Å². The summed E-state index contributed by atoms with van der Waals surface area (Å²) in [5, 5.41) is 28.2. The van der Waals surface area contributed by atoms with Crippen molar-refractivity contribution in [3.63, 3.8) is 0 Å².